The Balaban J connectivity index is 1.52. The Labute approximate surface area is 92.2 Å². The molecule has 0 nitrogen and oxygen atoms in total. The summed E-state index contributed by atoms with van der Waals surface area (Å²) in [6.45, 7) is 0. The van der Waals surface area contributed by atoms with Gasteiger partial charge in [0, 0.05) is 10.5 Å². The molecule has 0 spiro atoms. The van der Waals surface area contributed by atoms with Crippen molar-refractivity contribution in [3.8, 4) is 0 Å². The monoisotopic (exact) mass is 210 g/mol. The van der Waals surface area contributed by atoms with Crippen molar-refractivity contribution in [3.63, 3.8) is 0 Å². The van der Waals surface area contributed by atoms with E-state index in [4.69, 9.17) is 0 Å². The molecule has 0 radical (unpaired) electrons. The normalized spacial score (nSPS) is 29.8. The first-order valence-electron chi connectivity index (χ1n) is 6.59. The van der Waals surface area contributed by atoms with E-state index in [1.165, 1.54) is 32.1 Å². The van der Waals surface area contributed by atoms with Crippen LogP contribution >= 0.6 is 11.8 Å². The first-order valence-corrected chi connectivity index (χ1v) is 7.53. The molecule has 0 saturated heterocycles. The van der Waals surface area contributed by atoms with Crippen molar-refractivity contribution in [2.75, 3.05) is 0 Å². The van der Waals surface area contributed by atoms with Crippen LogP contribution in [-0.4, -0.2) is 10.5 Å². The molecule has 3 aliphatic rings. The SMILES string of the molecule is C1CCC(SC(C2CC2)C2CC2)CC1. The molecule has 0 bridgehead atoms. The van der Waals surface area contributed by atoms with Gasteiger partial charge in [-0.05, 0) is 50.4 Å². The van der Waals surface area contributed by atoms with Crippen molar-refractivity contribution >= 4 is 11.8 Å². The zero-order valence-electron chi connectivity index (χ0n) is 9.08. The summed E-state index contributed by atoms with van der Waals surface area (Å²) in [7, 11) is 0. The smallest absolute Gasteiger partial charge is 0.0106 e. The molecule has 3 fully saturated rings. The summed E-state index contributed by atoms with van der Waals surface area (Å²) >= 11 is 2.41. The fraction of sp³-hybridized carbons (Fsp3) is 1.00. The summed E-state index contributed by atoms with van der Waals surface area (Å²) in [4.78, 5) is 0. The van der Waals surface area contributed by atoms with E-state index in [1.54, 1.807) is 25.7 Å². The number of hydrogen-bond donors (Lipinski definition) is 0. The summed E-state index contributed by atoms with van der Waals surface area (Å²) in [5.41, 5.74) is 0. The lowest BCUT2D eigenvalue weighted by Gasteiger charge is -2.26. The van der Waals surface area contributed by atoms with E-state index in [1.807, 2.05) is 0 Å². The van der Waals surface area contributed by atoms with Gasteiger partial charge < -0.3 is 0 Å². The number of hydrogen-bond acceptors (Lipinski definition) is 1. The molecule has 0 aliphatic heterocycles. The van der Waals surface area contributed by atoms with E-state index in [9.17, 15) is 0 Å². The van der Waals surface area contributed by atoms with Crippen LogP contribution in [0.15, 0.2) is 0 Å². The molecule has 0 aromatic rings. The van der Waals surface area contributed by atoms with Crippen molar-refractivity contribution < 1.29 is 0 Å². The topological polar surface area (TPSA) is 0 Å². The molecular weight excluding hydrogens is 188 g/mol. The second-order valence-electron chi connectivity index (χ2n) is 5.54. The Morgan fingerprint density at radius 2 is 1.29 bits per heavy atom. The van der Waals surface area contributed by atoms with E-state index in [0.29, 0.717) is 0 Å². The van der Waals surface area contributed by atoms with Crippen LogP contribution in [0.3, 0.4) is 0 Å². The van der Waals surface area contributed by atoms with Crippen molar-refractivity contribution in [1.82, 2.24) is 0 Å². The van der Waals surface area contributed by atoms with Crippen molar-refractivity contribution in [2.45, 2.75) is 68.3 Å². The number of thioether (sulfide) groups is 1. The highest BCUT2D eigenvalue weighted by Crippen LogP contribution is 2.52. The molecule has 0 heterocycles. The third kappa shape index (κ3) is 2.29. The standard InChI is InChI=1S/C13H22S/c1-2-4-12(5-3-1)14-13(10-6-7-10)11-8-9-11/h10-13H,1-9H2. The molecule has 0 aromatic heterocycles. The van der Waals surface area contributed by atoms with Gasteiger partial charge in [0.1, 0.15) is 0 Å². The molecule has 14 heavy (non-hydrogen) atoms. The van der Waals surface area contributed by atoms with Crippen molar-refractivity contribution in [1.29, 1.82) is 0 Å². The van der Waals surface area contributed by atoms with Crippen LogP contribution < -0.4 is 0 Å². The van der Waals surface area contributed by atoms with E-state index in [0.717, 1.165) is 22.3 Å². The lowest BCUT2D eigenvalue weighted by Crippen LogP contribution is -2.17. The highest BCUT2D eigenvalue weighted by Gasteiger charge is 2.42. The maximum atomic E-state index is 2.41. The highest BCUT2D eigenvalue weighted by molar-refractivity contribution is 8.00. The van der Waals surface area contributed by atoms with E-state index in [2.05, 4.69) is 11.8 Å². The van der Waals surface area contributed by atoms with Gasteiger partial charge in [-0.15, -0.1) is 0 Å². The van der Waals surface area contributed by atoms with Crippen LogP contribution in [0.4, 0.5) is 0 Å². The van der Waals surface area contributed by atoms with Crippen LogP contribution in [0.1, 0.15) is 57.8 Å². The Morgan fingerprint density at radius 1 is 0.714 bits per heavy atom. The van der Waals surface area contributed by atoms with Gasteiger partial charge in [0.25, 0.3) is 0 Å². The molecule has 80 valence electrons. The van der Waals surface area contributed by atoms with Crippen LogP contribution in [-0.2, 0) is 0 Å². The third-order valence-corrected chi connectivity index (χ3v) is 6.02. The lowest BCUT2D eigenvalue weighted by atomic mass is 10.0. The average Bonchev–Trinajstić information content (AvgIpc) is 3.08. The summed E-state index contributed by atoms with van der Waals surface area (Å²) in [6.07, 6.45) is 13.8. The Morgan fingerprint density at radius 3 is 1.79 bits per heavy atom. The van der Waals surface area contributed by atoms with Gasteiger partial charge in [-0.25, -0.2) is 0 Å². The summed E-state index contributed by atoms with van der Waals surface area (Å²) in [5.74, 6) is 2.30. The maximum Gasteiger partial charge on any atom is 0.0106 e. The van der Waals surface area contributed by atoms with E-state index in [-0.39, 0.29) is 0 Å². The molecule has 3 rings (SSSR count). The van der Waals surface area contributed by atoms with Crippen LogP contribution in [0.2, 0.25) is 0 Å². The predicted octanol–water partition coefficient (Wildman–Crippen LogP) is 4.24. The first-order chi connectivity index (χ1) is 6.93. The van der Waals surface area contributed by atoms with Crippen LogP contribution in [0, 0.1) is 11.8 Å². The Bertz CT molecular complexity index is 175. The maximum absolute atomic E-state index is 2.41. The van der Waals surface area contributed by atoms with Crippen LogP contribution in [0.5, 0.6) is 0 Å². The molecule has 3 aliphatic carbocycles. The second kappa shape index (κ2) is 4.08. The highest BCUT2D eigenvalue weighted by atomic mass is 32.2. The predicted molar refractivity (Wildman–Crippen MR) is 63.7 cm³/mol. The Hall–Kier alpha value is 0.350. The largest absolute Gasteiger partial charge is 0.155 e. The van der Waals surface area contributed by atoms with Gasteiger partial charge >= 0.3 is 0 Å². The molecule has 0 aromatic carbocycles. The summed E-state index contributed by atoms with van der Waals surface area (Å²) in [6, 6.07) is 0. The fourth-order valence-electron chi connectivity index (χ4n) is 2.88. The second-order valence-corrected chi connectivity index (χ2v) is 7.02. The minimum absolute atomic E-state index is 1.05. The summed E-state index contributed by atoms with van der Waals surface area (Å²) in [5, 5.41) is 2.15. The van der Waals surface area contributed by atoms with Gasteiger partial charge in [-0.1, -0.05) is 19.3 Å². The fourth-order valence-corrected chi connectivity index (χ4v) is 4.92. The average molecular weight is 210 g/mol. The van der Waals surface area contributed by atoms with E-state index >= 15 is 0 Å². The molecule has 0 atom stereocenters. The van der Waals surface area contributed by atoms with Crippen molar-refractivity contribution in [2.24, 2.45) is 11.8 Å². The molecule has 0 N–H and O–H groups in total. The van der Waals surface area contributed by atoms with Gasteiger partial charge in [0.05, 0.1) is 0 Å². The van der Waals surface area contributed by atoms with Gasteiger partial charge in [-0.3, -0.25) is 0 Å². The quantitative estimate of drug-likeness (QED) is 0.669. The molecule has 0 amide bonds. The lowest BCUT2D eigenvalue weighted by molar-refractivity contribution is 0.511. The third-order valence-electron chi connectivity index (χ3n) is 4.08. The van der Waals surface area contributed by atoms with E-state index < -0.39 is 0 Å². The minimum Gasteiger partial charge on any atom is -0.155 e. The van der Waals surface area contributed by atoms with Crippen molar-refractivity contribution in [3.05, 3.63) is 0 Å². The zero-order chi connectivity index (χ0) is 9.38. The zero-order valence-corrected chi connectivity index (χ0v) is 9.90. The minimum atomic E-state index is 1.05. The number of rotatable bonds is 4. The molecular formula is C13H22S. The van der Waals surface area contributed by atoms with Gasteiger partial charge in [0.2, 0.25) is 0 Å². The summed E-state index contributed by atoms with van der Waals surface area (Å²) < 4.78 is 0. The van der Waals surface area contributed by atoms with Crippen LogP contribution in [0.25, 0.3) is 0 Å². The first kappa shape index (κ1) is 9.57. The van der Waals surface area contributed by atoms with Gasteiger partial charge in [0.15, 0.2) is 0 Å². The molecule has 3 saturated carbocycles. The van der Waals surface area contributed by atoms with Gasteiger partial charge in [-0.2, -0.15) is 11.8 Å². The Kier molecular flexibility index (Phi) is 2.79. The molecule has 0 unspecified atom stereocenters. The molecule has 1 heteroatoms.